The lowest BCUT2D eigenvalue weighted by molar-refractivity contribution is -0.870. The molecule has 46 heavy (non-hydrogen) atoms. The summed E-state index contributed by atoms with van der Waals surface area (Å²) in [6.45, 7) is 1.73. The van der Waals surface area contributed by atoms with Crippen molar-refractivity contribution in [3.05, 3.63) is 86.5 Å². The molecule has 1 aliphatic rings. The number of hydrogen-bond acceptors (Lipinski definition) is 9. The average molecular weight is 668 g/mol. The first-order valence-electron chi connectivity index (χ1n) is 13.7. The fraction of sp³-hybridized carbons (Fsp3) is 0.379. The molecule has 0 fully saturated rings. The van der Waals surface area contributed by atoms with Crippen LogP contribution in [0.3, 0.4) is 0 Å². The molecule has 2 aromatic carbocycles. The Hall–Kier alpha value is -4.50. The summed E-state index contributed by atoms with van der Waals surface area (Å²) in [5.74, 6) is -1.32. The van der Waals surface area contributed by atoms with Crippen LogP contribution in [0.2, 0.25) is 0 Å². The summed E-state index contributed by atoms with van der Waals surface area (Å²) in [6, 6.07) is 10.7. The van der Waals surface area contributed by atoms with Crippen molar-refractivity contribution in [2.75, 3.05) is 52.1 Å². The van der Waals surface area contributed by atoms with Crippen LogP contribution >= 0.6 is 0 Å². The summed E-state index contributed by atoms with van der Waals surface area (Å²) in [5, 5.41) is 23.9. The lowest BCUT2D eigenvalue weighted by Crippen LogP contribution is -2.39. The third-order valence-corrected chi connectivity index (χ3v) is 7.65. The molecule has 0 amide bonds. The van der Waals surface area contributed by atoms with Gasteiger partial charge in [0, 0.05) is 17.8 Å². The number of H-pyrrole nitrogens is 1. The van der Waals surface area contributed by atoms with E-state index in [4.69, 9.17) is 14.4 Å². The second kappa shape index (κ2) is 13.9. The number of anilines is 2. The summed E-state index contributed by atoms with van der Waals surface area (Å²) in [4.78, 5) is 27.8. The Bertz CT molecular complexity index is 1840. The lowest BCUT2D eigenvalue weighted by atomic mass is 9.89. The molecule has 17 heteroatoms. The molecule has 1 aliphatic heterocycles. The van der Waals surface area contributed by atoms with Gasteiger partial charge in [0.25, 0.3) is 10.1 Å². The number of benzene rings is 2. The zero-order valence-corrected chi connectivity index (χ0v) is 26.5. The predicted octanol–water partition coefficient (Wildman–Crippen LogP) is 2.77. The van der Waals surface area contributed by atoms with Crippen LogP contribution in [0.1, 0.15) is 35.2 Å². The maximum Gasteiger partial charge on any atom is 0.416 e. The number of nitriles is 1. The summed E-state index contributed by atoms with van der Waals surface area (Å²) < 4.78 is 74.6. The van der Waals surface area contributed by atoms with E-state index in [9.17, 15) is 36.4 Å². The topological polar surface area (TPSA) is 179 Å². The Balaban J connectivity index is 0.000000738. The van der Waals surface area contributed by atoms with Crippen LogP contribution in [0.5, 0.6) is 0 Å². The van der Waals surface area contributed by atoms with Crippen molar-refractivity contribution in [3.8, 4) is 6.07 Å². The number of aromatic amines is 1. The number of quaternary nitrogens is 1. The second-order valence-electron chi connectivity index (χ2n) is 11.3. The molecule has 2 heterocycles. The number of methoxy groups -OCH3 is 1. The maximum absolute atomic E-state index is 13.5. The van der Waals surface area contributed by atoms with Crippen molar-refractivity contribution in [1.29, 1.82) is 5.26 Å². The number of halogens is 3. The van der Waals surface area contributed by atoms with E-state index in [1.54, 1.807) is 25.1 Å². The number of carbonyl (C=O) groups excluding carboxylic acids is 1. The number of esters is 1. The first-order valence-corrected chi connectivity index (χ1v) is 15.3. The minimum atomic E-state index is -4.61. The van der Waals surface area contributed by atoms with Gasteiger partial charge in [-0.2, -0.15) is 26.9 Å². The lowest BCUT2D eigenvalue weighted by Gasteiger charge is -2.36. The number of fused-ring (bicyclic) bond motifs is 1. The first kappa shape index (κ1) is 36.0. The Labute approximate surface area is 263 Å². The molecule has 1 aromatic heterocycles. The highest BCUT2D eigenvalue weighted by molar-refractivity contribution is 7.85. The van der Waals surface area contributed by atoms with E-state index in [2.05, 4.69) is 16.3 Å². The summed E-state index contributed by atoms with van der Waals surface area (Å²) in [6.07, 6.45) is -4.08. The third kappa shape index (κ3) is 8.40. The fourth-order valence-corrected chi connectivity index (χ4v) is 5.04. The Morgan fingerprint density at radius 2 is 1.87 bits per heavy atom. The van der Waals surface area contributed by atoms with Crippen molar-refractivity contribution in [3.63, 3.8) is 0 Å². The molecule has 0 saturated heterocycles. The monoisotopic (exact) mass is 667 g/mol. The van der Waals surface area contributed by atoms with Crippen LogP contribution in [0, 0.1) is 11.3 Å². The maximum atomic E-state index is 13.5. The van der Waals surface area contributed by atoms with Gasteiger partial charge in [0.15, 0.2) is 0 Å². The number of alkyl halides is 3. The van der Waals surface area contributed by atoms with Crippen LogP contribution in [0.4, 0.5) is 24.8 Å². The number of nitrogens with one attached hydrogen (secondary N) is 1. The standard InChI is InChI=1S/C27H27F3N6O3.C2H6O4S/c1-16-22(24(37)39-5)23(21-10-9-17(15-31)13-18(21)11-12-36(2,3)4)35-25(32-33-26(35)38)34(16)20-8-6-7-19(14-20)27(28,29)30;3-1-2-7(4,5)6/h6-10,13-14,23H,11-12H2,1-5H3;3H,1-2H2,(H,4,5,6)/p+1/t23-;/m1./s1. The number of hydrogen-bond donors (Lipinski definition) is 3. The molecule has 3 N–H and O–H groups in total. The molecule has 0 radical (unpaired) electrons. The SMILES string of the molecule is COC(=O)C1=C(C)N(c2cccc(C(F)(F)F)c2)c2n[nH]c(=O)n2[C@@H]1c1ccc(C#N)cc1CC[N+](C)(C)C.O=S(=O)(O)CCO. The van der Waals surface area contributed by atoms with E-state index in [0.29, 0.717) is 28.6 Å². The Morgan fingerprint density at radius 3 is 2.39 bits per heavy atom. The third-order valence-electron chi connectivity index (χ3n) is 6.95. The molecule has 3 aromatic rings. The van der Waals surface area contributed by atoms with Gasteiger partial charge in [0.2, 0.25) is 5.95 Å². The quantitative estimate of drug-likeness (QED) is 0.184. The number of aliphatic hydroxyl groups excluding tert-OH is 1. The molecule has 0 aliphatic carbocycles. The van der Waals surface area contributed by atoms with Crippen LogP contribution in [-0.4, -0.2) is 90.5 Å². The zero-order chi connectivity index (χ0) is 34.6. The smallest absolute Gasteiger partial charge is 0.416 e. The Kier molecular flexibility index (Phi) is 10.8. The zero-order valence-electron chi connectivity index (χ0n) is 25.7. The van der Waals surface area contributed by atoms with E-state index in [1.807, 2.05) is 21.1 Å². The van der Waals surface area contributed by atoms with E-state index in [-0.39, 0.29) is 22.9 Å². The number of ether oxygens (including phenoxy) is 1. The highest BCUT2D eigenvalue weighted by Gasteiger charge is 2.41. The number of carbonyl (C=O) groups is 1. The summed E-state index contributed by atoms with van der Waals surface area (Å²) >= 11 is 0. The Morgan fingerprint density at radius 1 is 1.20 bits per heavy atom. The molecular weight excluding hydrogens is 633 g/mol. The van der Waals surface area contributed by atoms with Crippen molar-refractivity contribution in [1.82, 2.24) is 14.8 Å². The van der Waals surface area contributed by atoms with Crippen LogP contribution < -0.4 is 10.6 Å². The van der Waals surface area contributed by atoms with Gasteiger partial charge in [-0.15, -0.1) is 5.10 Å². The first-order chi connectivity index (χ1) is 21.3. The molecule has 4 rings (SSSR count). The number of allylic oxidation sites excluding steroid dienone is 1. The van der Waals surface area contributed by atoms with Gasteiger partial charge in [-0.3, -0.25) is 9.45 Å². The van der Waals surface area contributed by atoms with Crippen molar-refractivity contribution in [2.24, 2.45) is 0 Å². The largest absolute Gasteiger partial charge is 0.466 e. The molecule has 0 spiro atoms. The second-order valence-corrected chi connectivity index (χ2v) is 12.8. The highest BCUT2D eigenvalue weighted by Crippen LogP contribution is 2.43. The van der Waals surface area contributed by atoms with E-state index in [1.165, 1.54) is 28.7 Å². The summed E-state index contributed by atoms with van der Waals surface area (Å²) in [5.41, 5.74) is 0.547. The molecule has 0 saturated carbocycles. The minimum Gasteiger partial charge on any atom is -0.466 e. The predicted molar refractivity (Wildman–Crippen MR) is 161 cm³/mol. The number of rotatable bonds is 8. The molecule has 0 bridgehead atoms. The van der Waals surface area contributed by atoms with E-state index in [0.717, 1.165) is 17.7 Å². The minimum absolute atomic E-state index is 0.0105. The van der Waals surface area contributed by atoms with Crippen LogP contribution in [-0.2, 0) is 32.2 Å². The summed E-state index contributed by atoms with van der Waals surface area (Å²) in [7, 11) is 3.32. The molecule has 13 nitrogen and oxygen atoms in total. The van der Waals surface area contributed by atoms with Gasteiger partial charge in [-0.05, 0) is 48.4 Å². The van der Waals surface area contributed by atoms with Gasteiger partial charge in [-0.1, -0.05) is 12.1 Å². The normalized spacial score (nSPS) is 15.1. The van der Waals surface area contributed by atoms with Crippen LogP contribution in [0.15, 0.2) is 58.5 Å². The van der Waals surface area contributed by atoms with Crippen molar-refractivity contribution >= 4 is 27.7 Å². The van der Waals surface area contributed by atoms with Crippen molar-refractivity contribution < 1.29 is 45.3 Å². The van der Waals surface area contributed by atoms with Gasteiger partial charge in [-0.25, -0.2) is 19.3 Å². The highest BCUT2D eigenvalue weighted by atomic mass is 32.2. The fourth-order valence-electron chi connectivity index (χ4n) is 4.81. The molecule has 0 unspecified atom stereocenters. The molecule has 248 valence electrons. The number of nitrogens with zero attached hydrogens (tertiary/aromatic N) is 5. The van der Waals surface area contributed by atoms with Gasteiger partial charge >= 0.3 is 17.8 Å². The van der Waals surface area contributed by atoms with Gasteiger partial charge in [0.1, 0.15) is 6.04 Å². The molecular formula is C29H34F3N6O7S+. The average Bonchev–Trinajstić information content (AvgIpc) is 3.34. The number of aliphatic hydroxyl groups is 1. The molecule has 1 atom stereocenters. The van der Waals surface area contributed by atoms with Crippen molar-refractivity contribution in [2.45, 2.75) is 25.6 Å². The van der Waals surface area contributed by atoms with Gasteiger partial charge < -0.3 is 14.3 Å². The number of likely N-dealkylation sites (N-methyl/N-ethyl adjacent to an activating group) is 1. The van der Waals surface area contributed by atoms with Gasteiger partial charge in [0.05, 0.1) is 69.9 Å². The van der Waals surface area contributed by atoms with Crippen LogP contribution in [0.25, 0.3) is 0 Å². The van der Waals surface area contributed by atoms with E-state index >= 15 is 0 Å². The van der Waals surface area contributed by atoms with E-state index < -0.39 is 51.9 Å². The number of aromatic nitrogens is 3.